The van der Waals surface area contributed by atoms with Gasteiger partial charge in [-0.05, 0) is 12.8 Å². The minimum atomic E-state index is 0.0574. The van der Waals surface area contributed by atoms with Crippen LogP contribution in [-0.4, -0.2) is 48.0 Å². The second-order valence-corrected chi connectivity index (χ2v) is 6.47. The van der Waals surface area contributed by atoms with Gasteiger partial charge in [0.1, 0.15) is 0 Å². The fraction of sp³-hybridized carbons (Fsp3) is 0.933. The largest absolute Gasteiger partial charge is 0.341 e. The van der Waals surface area contributed by atoms with E-state index in [1.54, 1.807) is 0 Å². The van der Waals surface area contributed by atoms with Crippen molar-refractivity contribution in [3.05, 3.63) is 0 Å². The maximum atomic E-state index is 12.5. The molecule has 19 heavy (non-hydrogen) atoms. The highest BCUT2D eigenvalue weighted by Gasteiger charge is 2.25. The van der Waals surface area contributed by atoms with Crippen LogP contribution in [0.5, 0.6) is 0 Å². The fourth-order valence-corrected chi connectivity index (χ4v) is 3.31. The first-order chi connectivity index (χ1) is 9.29. The molecular weight excluding hydrogens is 256 g/mol. The third-order valence-electron chi connectivity index (χ3n) is 3.59. The van der Waals surface area contributed by atoms with Crippen LogP contribution in [-0.2, 0) is 4.79 Å². The Kier molecular flexibility index (Phi) is 9.35. The van der Waals surface area contributed by atoms with Gasteiger partial charge in [-0.25, -0.2) is 0 Å². The molecule has 0 aromatic carbocycles. The summed E-state index contributed by atoms with van der Waals surface area (Å²) in [6.45, 7) is 7.28. The van der Waals surface area contributed by atoms with E-state index in [1.165, 1.54) is 25.7 Å². The summed E-state index contributed by atoms with van der Waals surface area (Å²) >= 11 is 1.90. The molecular formula is C15H30N2OS. The van der Waals surface area contributed by atoms with E-state index in [4.69, 9.17) is 0 Å². The lowest BCUT2D eigenvalue weighted by atomic mass is 10.2. The molecule has 1 aliphatic rings. The number of amides is 1. The second kappa shape index (κ2) is 10.6. The molecule has 1 N–H and O–H groups in total. The first-order valence-electron chi connectivity index (χ1n) is 7.89. The topological polar surface area (TPSA) is 32.3 Å². The number of hydrogen-bond acceptors (Lipinski definition) is 3. The molecule has 1 heterocycles. The van der Waals surface area contributed by atoms with Crippen LogP contribution >= 0.6 is 11.8 Å². The molecule has 0 bridgehead atoms. The molecule has 0 spiro atoms. The van der Waals surface area contributed by atoms with Gasteiger partial charge in [0.05, 0.1) is 6.04 Å². The van der Waals surface area contributed by atoms with Crippen molar-refractivity contribution in [3.63, 3.8) is 0 Å². The summed E-state index contributed by atoms with van der Waals surface area (Å²) in [5.74, 6) is 2.41. The van der Waals surface area contributed by atoms with Gasteiger partial charge in [0.2, 0.25) is 5.91 Å². The van der Waals surface area contributed by atoms with Gasteiger partial charge in [0, 0.05) is 31.1 Å². The maximum absolute atomic E-state index is 12.5. The molecule has 1 fully saturated rings. The highest BCUT2D eigenvalue weighted by Crippen LogP contribution is 2.12. The summed E-state index contributed by atoms with van der Waals surface area (Å²) in [4.78, 5) is 14.6. The number of carbonyl (C=O) groups is 1. The van der Waals surface area contributed by atoms with E-state index in [9.17, 15) is 4.79 Å². The van der Waals surface area contributed by atoms with Crippen LogP contribution in [0, 0.1) is 0 Å². The zero-order valence-electron chi connectivity index (χ0n) is 12.6. The number of rotatable bonds is 9. The van der Waals surface area contributed by atoms with Gasteiger partial charge in [0.25, 0.3) is 0 Å². The number of hydrogen-bond donors (Lipinski definition) is 1. The molecule has 1 atom stereocenters. The predicted octanol–water partition coefficient (Wildman–Crippen LogP) is 2.90. The number of carbonyl (C=O) groups excluding carboxylic acids is 1. The van der Waals surface area contributed by atoms with Crippen LogP contribution in [0.15, 0.2) is 0 Å². The Labute approximate surface area is 122 Å². The van der Waals surface area contributed by atoms with Crippen LogP contribution in [0.25, 0.3) is 0 Å². The van der Waals surface area contributed by atoms with Crippen molar-refractivity contribution in [2.24, 2.45) is 0 Å². The summed E-state index contributed by atoms with van der Waals surface area (Å²) in [6.07, 6.45) is 7.18. The van der Waals surface area contributed by atoms with Gasteiger partial charge in [-0.2, -0.15) is 11.8 Å². The zero-order valence-corrected chi connectivity index (χ0v) is 13.4. The number of nitrogens with one attached hydrogen (secondary N) is 1. The van der Waals surface area contributed by atoms with Crippen LogP contribution in [0.3, 0.4) is 0 Å². The summed E-state index contributed by atoms with van der Waals surface area (Å²) in [6, 6.07) is 0.0574. The molecule has 1 amide bonds. The van der Waals surface area contributed by atoms with Crippen LogP contribution in [0.4, 0.5) is 0 Å². The van der Waals surface area contributed by atoms with Crippen LogP contribution < -0.4 is 5.32 Å². The third kappa shape index (κ3) is 6.66. The van der Waals surface area contributed by atoms with E-state index in [1.807, 2.05) is 11.8 Å². The van der Waals surface area contributed by atoms with Gasteiger partial charge in [-0.1, -0.05) is 39.5 Å². The summed E-state index contributed by atoms with van der Waals surface area (Å²) in [7, 11) is 0. The molecule has 1 unspecified atom stereocenters. The monoisotopic (exact) mass is 286 g/mol. The summed E-state index contributed by atoms with van der Waals surface area (Å²) in [5, 5.41) is 3.37. The number of nitrogens with zero attached hydrogens (tertiary/aromatic N) is 1. The first kappa shape index (κ1) is 16.8. The Morgan fingerprint density at radius 1 is 1.16 bits per heavy atom. The lowest BCUT2D eigenvalue weighted by molar-refractivity contribution is -0.133. The van der Waals surface area contributed by atoms with Gasteiger partial charge in [-0.15, -0.1) is 0 Å². The minimum Gasteiger partial charge on any atom is -0.341 e. The first-order valence-corrected chi connectivity index (χ1v) is 9.05. The molecule has 0 aromatic heterocycles. The third-order valence-corrected chi connectivity index (χ3v) is 4.66. The fourth-order valence-electron chi connectivity index (χ4n) is 2.38. The smallest absolute Gasteiger partial charge is 0.240 e. The average molecular weight is 286 g/mol. The highest BCUT2D eigenvalue weighted by molar-refractivity contribution is 7.99. The van der Waals surface area contributed by atoms with Crippen molar-refractivity contribution in [2.75, 3.05) is 31.1 Å². The van der Waals surface area contributed by atoms with Crippen LogP contribution in [0.2, 0.25) is 0 Å². The van der Waals surface area contributed by atoms with E-state index in [0.717, 1.165) is 44.0 Å². The predicted molar refractivity (Wildman–Crippen MR) is 84.7 cm³/mol. The maximum Gasteiger partial charge on any atom is 0.240 e. The van der Waals surface area contributed by atoms with Crippen molar-refractivity contribution in [3.8, 4) is 0 Å². The Bertz CT molecular complexity index is 232. The van der Waals surface area contributed by atoms with Gasteiger partial charge in [-0.3, -0.25) is 4.79 Å². The summed E-state index contributed by atoms with van der Waals surface area (Å²) < 4.78 is 0. The molecule has 1 rings (SSSR count). The van der Waals surface area contributed by atoms with Crippen molar-refractivity contribution in [1.29, 1.82) is 0 Å². The molecule has 1 saturated heterocycles. The van der Waals surface area contributed by atoms with Crippen LogP contribution in [0.1, 0.15) is 52.4 Å². The van der Waals surface area contributed by atoms with Crippen molar-refractivity contribution in [2.45, 2.75) is 58.4 Å². The Balaban J connectivity index is 2.41. The molecule has 1 aliphatic heterocycles. The molecule has 3 nitrogen and oxygen atoms in total. The van der Waals surface area contributed by atoms with Crippen molar-refractivity contribution in [1.82, 2.24) is 10.2 Å². The molecule has 4 heteroatoms. The average Bonchev–Trinajstić information content (AvgIpc) is 2.46. The van der Waals surface area contributed by atoms with Crippen molar-refractivity contribution >= 4 is 17.7 Å². The molecule has 0 aromatic rings. The lowest BCUT2D eigenvalue weighted by Crippen LogP contribution is -2.51. The van der Waals surface area contributed by atoms with E-state index < -0.39 is 0 Å². The van der Waals surface area contributed by atoms with Gasteiger partial charge < -0.3 is 10.2 Å². The second-order valence-electron chi connectivity index (χ2n) is 5.32. The van der Waals surface area contributed by atoms with Gasteiger partial charge >= 0.3 is 0 Å². The number of thioether (sulfide) groups is 1. The highest BCUT2D eigenvalue weighted by atomic mass is 32.2. The molecule has 0 saturated carbocycles. The zero-order chi connectivity index (χ0) is 13.9. The Morgan fingerprint density at radius 2 is 1.79 bits per heavy atom. The Morgan fingerprint density at radius 3 is 2.26 bits per heavy atom. The molecule has 0 aliphatic carbocycles. The minimum absolute atomic E-state index is 0.0574. The normalized spacial score (nSPS) is 19.4. The van der Waals surface area contributed by atoms with E-state index in [2.05, 4.69) is 24.1 Å². The quantitative estimate of drug-likeness (QED) is 0.662. The molecule has 112 valence electrons. The van der Waals surface area contributed by atoms with Crippen molar-refractivity contribution < 1.29 is 4.79 Å². The van der Waals surface area contributed by atoms with E-state index in [-0.39, 0.29) is 6.04 Å². The van der Waals surface area contributed by atoms with Gasteiger partial charge in [0.15, 0.2) is 0 Å². The SMILES string of the molecule is CCCCCN(CCCCC)C(=O)C1CSCCN1. The van der Waals surface area contributed by atoms with E-state index in [0.29, 0.717) is 5.91 Å². The van der Waals surface area contributed by atoms with E-state index >= 15 is 0 Å². The summed E-state index contributed by atoms with van der Waals surface area (Å²) in [5.41, 5.74) is 0. The molecule has 0 radical (unpaired) electrons. The number of unbranched alkanes of at least 4 members (excludes halogenated alkanes) is 4. The standard InChI is InChI=1S/C15H30N2OS/c1-3-5-7-10-17(11-8-6-4-2)15(18)14-13-19-12-9-16-14/h14,16H,3-13H2,1-2H3. The lowest BCUT2D eigenvalue weighted by Gasteiger charge is -2.30. The Hall–Kier alpha value is -0.220.